The molecule has 1 aromatic carbocycles. The lowest BCUT2D eigenvalue weighted by Crippen LogP contribution is -2.23. The van der Waals surface area contributed by atoms with Crippen molar-refractivity contribution >= 4 is 11.7 Å². The number of hydrogen-bond acceptors (Lipinski definition) is 3. The van der Waals surface area contributed by atoms with Crippen molar-refractivity contribution in [3.8, 4) is 5.75 Å². The molecule has 0 heterocycles. The van der Waals surface area contributed by atoms with E-state index in [2.05, 4.69) is 0 Å². The Labute approximate surface area is 107 Å². The molecule has 0 aromatic heterocycles. The fourth-order valence-electron chi connectivity index (χ4n) is 1.71. The molecule has 0 saturated heterocycles. The molecule has 0 atom stereocenters. The molecule has 0 aliphatic carbocycles. The van der Waals surface area contributed by atoms with E-state index >= 15 is 0 Å². The van der Waals surface area contributed by atoms with Crippen molar-refractivity contribution in [2.75, 3.05) is 18.0 Å². The van der Waals surface area contributed by atoms with Gasteiger partial charge in [-0.15, -0.1) is 0 Å². The molecule has 0 bridgehead atoms. The van der Waals surface area contributed by atoms with Crippen LogP contribution in [0.1, 0.15) is 20.3 Å². The van der Waals surface area contributed by atoms with Crippen molar-refractivity contribution in [2.45, 2.75) is 20.3 Å². The molecular formula is C14H19NO3. The lowest BCUT2D eigenvalue weighted by atomic mass is 10.2. The molecule has 0 fully saturated rings. The van der Waals surface area contributed by atoms with Gasteiger partial charge in [-0.3, -0.25) is 0 Å². The van der Waals surface area contributed by atoms with E-state index in [1.54, 1.807) is 24.3 Å². The first kappa shape index (κ1) is 14.1. The molecule has 4 heteroatoms. The Kier molecular flexibility index (Phi) is 5.24. The van der Waals surface area contributed by atoms with E-state index in [0.29, 0.717) is 18.5 Å². The first-order valence-electron chi connectivity index (χ1n) is 6.04. The smallest absolute Gasteiger partial charge is 0.331 e. The van der Waals surface area contributed by atoms with Gasteiger partial charge in [0.25, 0.3) is 0 Å². The minimum Gasteiger partial charge on any atom is -0.508 e. The predicted molar refractivity (Wildman–Crippen MR) is 72.0 cm³/mol. The predicted octanol–water partition coefficient (Wildman–Crippen LogP) is 2.64. The van der Waals surface area contributed by atoms with Gasteiger partial charge < -0.3 is 15.1 Å². The summed E-state index contributed by atoms with van der Waals surface area (Å²) in [5, 5.41) is 18.4. The van der Waals surface area contributed by atoms with Crippen LogP contribution in [0.5, 0.6) is 5.75 Å². The third-order valence-electron chi connectivity index (χ3n) is 2.79. The lowest BCUT2D eigenvalue weighted by Gasteiger charge is -2.21. The first-order valence-corrected chi connectivity index (χ1v) is 6.04. The minimum absolute atomic E-state index is 0.212. The zero-order chi connectivity index (χ0) is 13.5. The van der Waals surface area contributed by atoms with Crippen LogP contribution in [-0.4, -0.2) is 29.3 Å². The number of benzene rings is 1. The summed E-state index contributed by atoms with van der Waals surface area (Å²) < 4.78 is 0. The van der Waals surface area contributed by atoms with E-state index in [0.717, 1.165) is 12.2 Å². The fourth-order valence-corrected chi connectivity index (χ4v) is 1.71. The third kappa shape index (κ3) is 3.80. The van der Waals surface area contributed by atoms with Gasteiger partial charge in [-0.2, -0.15) is 0 Å². The van der Waals surface area contributed by atoms with Crippen molar-refractivity contribution in [1.82, 2.24) is 0 Å². The molecule has 0 aliphatic rings. The Hall–Kier alpha value is -1.97. The topological polar surface area (TPSA) is 60.8 Å². The molecule has 4 nitrogen and oxygen atoms in total. The van der Waals surface area contributed by atoms with Gasteiger partial charge in [-0.05, 0) is 25.5 Å². The summed E-state index contributed by atoms with van der Waals surface area (Å²) in [6, 6.07) is 6.95. The normalized spacial score (nSPS) is 11.3. The number of nitrogens with zero attached hydrogens (tertiary/aromatic N) is 1. The highest BCUT2D eigenvalue weighted by atomic mass is 16.4. The standard InChI is InChI=1S/C14H19NO3/c1-3-11(14(17)18)8-9-15(4-2)12-6-5-7-13(16)10-12/h5-8,10,16H,3-4,9H2,1-2H3,(H,17,18)/b11-8-. The van der Waals surface area contributed by atoms with E-state index in [1.807, 2.05) is 24.8 Å². The molecule has 0 spiro atoms. The Morgan fingerprint density at radius 1 is 1.39 bits per heavy atom. The summed E-state index contributed by atoms with van der Waals surface area (Å²) in [5.41, 5.74) is 1.29. The second kappa shape index (κ2) is 6.69. The van der Waals surface area contributed by atoms with E-state index in [9.17, 15) is 9.90 Å². The number of carboxylic acid groups (broad SMARTS) is 1. The summed E-state index contributed by atoms with van der Waals surface area (Å²) in [4.78, 5) is 12.9. The SMILES string of the molecule is CC/C(=C/CN(CC)c1cccc(O)c1)C(=O)O. The maximum absolute atomic E-state index is 10.9. The average Bonchev–Trinajstić information content (AvgIpc) is 2.34. The van der Waals surface area contributed by atoms with Crippen LogP contribution >= 0.6 is 0 Å². The van der Waals surface area contributed by atoms with Crippen LogP contribution in [0, 0.1) is 0 Å². The number of carboxylic acids is 1. The Balaban J connectivity index is 2.82. The van der Waals surface area contributed by atoms with E-state index in [4.69, 9.17) is 5.11 Å². The molecule has 0 unspecified atom stereocenters. The molecule has 18 heavy (non-hydrogen) atoms. The van der Waals surface area contributed by atoms with Gasteiger partial charge >= 0.3 is 5.97 Å². The highest BCUT2D eigenvalue weighted by molar-refractivity contribution is 5.86. The van der Waals surface area contributed by atoms with Crippen LogP contribution in [0.4, 0.5) is 5.69 Å². The second-order valence-electron chi connectivity index (χ2n) is 3.95. The Morgan fingerprint density at radius 3 is 2.61 bits per heavy atom. The average molecular weight is 249 g/mol. The van der Waals surface area contributed by atoms with Crippen LogP contribution < -0.4 is 4.90 Å². The lowest BCUT2D eigenvalue weighted by molar-refractivity contribution is -0.132. The van der Waals surface area contributed by atoms with E-state index in [-0.39, 0.29) is 5.75 Å². The van der Waals surface area contributed by atoms with Gasteiger partial charge in [-0.25, -0.2) is 4.79 Å². The second-order valence-corrected chi connectivity index (χ2v) is 3.95. The van der Waals surface area contributed by atoms with Crippen LogP contribution in [0.15, 0.2) is 35.9 Å². The zero-order valence-corrected chi connectivity index (χ0v) is 10.8. The maximum atomic E-state index is 10.9. The van der Waals surface area contributed by atoms with E-state index < -0.39 is 5.97 Å². The summed E-state index contributed by atoms with van der Waals surface area (Å²) in [5.74, 6) is -0.659. The molecule has 1 rings (SSSR count). The number of likely N-dealkylation sites (N-methyl/N-ethyl adjacent to an activating group) is 1. The van der Waals surface area contributed by atoms with Gasteiger partial charge in [0, 0.05) is 30.4 Å². The van der Waals surface area contributed by atoms with E-state index in [1.165, 1.54) is 0 Å². The maximum Gasteiger partial charge on any atom is 0.331 e. The highest BCUT2D eigenvalue weighted by Crippen LogP contribution is 2.20. The van der Waals surface area contributed by atoms with Crippen LogP contribution in [0.3, 0.4) is 0 Å². The number of hydrogen-bond donors (Lipinski definition) is 2. The number of phenolic OH excluding ortho intramolecular Hbond substituents is 1. The van der Waals surface area contributed by atoms with Gasteiger partial charge in [0.1, 0.15) is 5.75 Å². The van der Waals surface area contributed by atoms with Crippen molar-refractivity contribution in [2.24, 2.45) is 0 Å². The molecular weight excluding hydrogens is 230 g/mol. The Bertz CT molecular complexity index is 440. The summed E-state index contributed by atoms with van der Waals surface area (Å²) >= 11 is 0. The van der Waals surface area contributed by atoms with Crippen molar-refractivity contribution in [3.05, 3.63) is 35.9 Å². The Morgan fingerprint density at radius 2 is 2.11 bits per heavy atom. The summed E-state index contributed by atoms with van der Waals surface area (Å²) in [7, 11) is 0. The van der Waals surface area contributed by atoms with Crippen LogP contribution in [0.2, 0.25) is 0 Å². The molecule has 0 amide bonds. The zero-order valence-electron chi connectivity index (χ0n) is 10.8. The molecule has 1 aromatic rings. The number of aromatic hydroxyl groups is 1. The third-order valence-corrected chi connectivity index (χ3v) is 2.79. The number of aliphatic carboxylic acids is 1. The molecule has 0 radical (unpaired) electrons. The number of rotatable bonds is 6. The molecule has 0 saturated carbocycles. The quantitative estimate of drug-likeness (QED) is 0.761. The number of anilines is 1. The largest absolute Gasteiger partial charge is 0.508 e. The molecule has 98 valence electrons. The molecule has 2 N–H and O–H groups in total. The summed E-state index contributed by atoms with van der Waals surface area (Å²) in [6.07, 6.45) is 2.23. The summed E-state index contributed by atoms with van der Waals surface area (Å²) in [6.45, 7) is 5.08. The van der Waals surface area contributed by atoms with Gasteiger partial charge in [0.2, 0.25) is 0 Å². The van der Waals surface area contributed by atoms with Gasteiger partial charge in [0.05, 0.1) is 0 Å². The van der Waals surface area contributed by atoms with Crippen LogP contribution in [-0.2, 0) is 4.79 Å². The van der Waals surface area contributed by atoms with Crippen LogP contribution in [0.25, 0.3) is 0 Å². The molecule has 0 aliphatic heterocycles. The van der Waals surface area contributed by atoms with Crippen molar-refractivity contribution in [3.63, 3.8) is 0 Å². The van der Waals surface area contributed by atoms with Gasteiger partial charge in [-0.1, -0.05) is 19.1 Å². The number of phenols is 1. The first-order chi connectivity index (χ1) is 8.58. The fraction of sp³-hybridized carbons (Fsp3) is 0.357. The van der Waals surface area contributed by atoms with Gasteiger partial charge in [0.15, 0.2) is 0 Å². The number of carbonyl (C=O) groups is 1. The van der Waals surface area contributed by atoms with Crippen molar-refractivity contribution < 1.29 is 15.0 Å². The highest BCUT2D eigenvalue weighted by Gasteiger charge is 2.07. The van der Waals surface area contributed by atoms with Crippen molar-refractivity contribution in [1.29, 1.82) is 0 Å². The minimum atomic E-state index is -0.871. The monoisotopic (exact) mass is 249 g/mol.